The molecule has 0 aromatic heterocycles. The molecule has 3 heteroatoms. The van der Waals surface area contributed by atoms with E-state index < -0.39 is 0 Å². The van der Waals surface area contributed by atoms with Crippen molar-refractivity contribution in [1.29, 1.82) is 0 Å². The zero-order valence-corrected chi connectivity index (χ0v) is 10.1. The minimum Gasteiger partial charge on any atom is -0.497 e. The van der Waals surface area contributed by atoms with E-state index in [-0.39, 0.29) is 6.04 Å². The van der Waals surface area contributed by atoms with E-state index in [4.69, 9.17) is 15.2 Å². The van der Waals surface area contributed by atoms with Crippen LogP contribution in [-0.4, -0.2) is 14.2 Å². The van der Waals surface area contributed by atoms with Gasteiger partial charge in [-0.15, -0.1) is 6.58 Å². The van der Waals surface area contributed by atoms with Crippen molar-refractivity contribution in [1.82, 2.24) is 0 Å². The fourth-order valence-electron chi connectivity index (χ4n) is 1.54. The molecular weight excluding hydrogens is 202 g/mol. The summed E-state index contributed by atoms with van der Waals surface area (Å²) in [6.07, 6.45) is 0.760. The van der Waals surface area contributed by atoms with Crippen molar-refractivity contribution < 1.29 is 9.47 Å². The summed E-state index contributed by atoms with van der Waals surface area (Å²) >= 11 is 0. The van der Waals surface area contributed by atoms with Gasteiger partial charge >= 0.3 is 0 Å². The van der Waals surface area contributed by atoms with Crippen LogP contribution in [0.25, 0.3) is 0 Å². The molecule has 1 aromatic rings. The Kier molecular flexibility index (Phi) is 4.38. The van der Waals surface area contributed by atoms with E-state index in [9.17, 15) is 0 Å². The van der Waals surface area contributed by atoms with Crippen molar-refractivity contribution in [3.8, 4) is 11.5 Å². The first-order valence-electron chi connectivity index (χ1n) is 5.19. The molecule has 0 saturated heterocycles. The van der Waals surface area contributed by atoms with Crippen LogP contribution in [0, 0.1) is 0 Å². The summed E-state index contributed by atoms with van der Waals surface area (Å²) < 4.78 is 10.4. The van der Waals surface area contributed by atoms with Crippen LogP contribution in [0.1, 0.15) is 24.9 Å². The van der Waals surface area contributed by atoms with Crippen molar-refractivity contribution in [2.45, 2.75) is 19.4 Å². The molecule has 0 aliphatic carbocycles. The highest BCUT2D eigenvalue weighted by atomic mass is 16.5. The minimum atomic E-state index is -0.0681. The van der Waals surface area contributed by atoms with E-state index in [1.807, 2.05) is 25.1 Å². The molecule has 0 spiro atoms. The Hall–Kier alpha value is -1.48. The fraction of sp³-hybridized carbons (Fsp3) is 0.385. The Morgan fingerprint density at radius 3 is 2.12 bits per heavy atom. The molecule has 0 aliphatic rings. The maximum atomic E-state index is 6.07. The lowest BCUT2D eigenvalue weighted by Gasteiger charge is -2.14. The van der Waals surface area contributed by atoms with Gasteiger partial charge in [-0.2, -0.15) is 0 Å². The summed E-state index contributed by atoms with van der Waals surface area (Å²) in [5, 5.41) is 0. The lowest BCUT2D eigenvalue weighted by molar-refractivity contribution is 0.392. The third-order valence-electron chi connectivity index (χ3n) is 2.37. The summed E-state index contributed by atoms with van der Waals surface area (Å²) in [6.45, 7) is 5.83. The van der Waals surface area contributed by atoms with Crippen LogP contribution in [-0.2, 0) is 0 Å². The highest BCUT2D eigenvalue weighted by Crippen LogP contribution is 2.27. The van der Waals surface area contributed by atoms with E-state index in [2.05, 4.69) is 6.58 Å². The molecule has 16 heavy (non-hydrogen) atoms. The van der Waals surface area contributed by atoms with E-state index in [0.717, 1.165) is 29.1 Å². The van der Waals surface area contributed by atoms with Crippen LogP contribution in [0.2, 0.25) is 0 Å². The lowest BCUT2D eigenvalue weighted by Crippen LogP contribution is -2.10. The molecule has 2 N–H and O–H groups in total. The van der Waals surface area contributed by atoms with Crippen molar-refractivity contribution in [2.24, 2.45) is 5.73 Å². The monoisotopic (exact) mass is 221 g/mol. The van der Waals surface area contributed by atoms with Gasteiger partial charge in [0.25, 0.3) is 0 Å². The number of nitrogens with two attached hydrogens (primary N) is 1. The van der Waals surface area contributed by atoms with E-state index >= 15 is 0 Å². The highest BCUT2D eigenvalue weighted by Gasteiger charge is 2.09. The van der Waals surface area contributed by atoms with Gasteiger partial charge in [-0.05, 0) is 31.0 Å². The summed E-state index contributed by atoms with van der Waals surface area (Å²) in [5.41, 5.74) is 8.13. The van der Waals surface area contributed by atoms with Crippen LogP contribution in [0.15, 0.2) is 30.4 Å². The van der Waals surface area contributed by atoms with Gasteiger partial charge in [0.05, 0.1) is 14.2 Å². The minimum absolute atomic E-state index is 0.0681. The summed E-state index contributed by atoms with van der Waals surface area (Å²) in [4.78, 5) is 0. The molecule has 1 aromatic carbocycles. The Bertz CT molecular complexity index is 352. The molecular formula is C13H19NO2. The molecule has 0 unspecified atom stereocenters. The van der Waals surface area contributed by atoms with E-state index in [0.29, 0.717) is 0 Å². The molecule has 1 atom stereocenters. The van der Waals surface area contributed by atoms with Crippen LogP contribution in [0.5, 0.6) is 11.5 Å². The third kappa shape index (κ3) is 3.28. The second kappa shape index (κ2) is 5.56. The molecule has 0 saturated carbocycles. The largest absolute Gasteiger partial charge is 0.497 e. The standard InChI is InChI=1S/C13H19NO2/c1-9(2)5-13(14)10-6-11(15-3)8-12(7-10)16-4/h6-8,13H,1,5,14H2,2-4H3/t13-/m1/s1. The first-order chi connectivity index (χ1) is 7.56. The first-order valence-corrected chi connectivity index (χ1v) is 5.19. The van der Waals surface area contributed by atoms with E-state index in [1.54, 1.807) is 14.2 Å². The number of benzene rings is 1. The maximum Gasteiger partial charge on any atom is 0.122 e. The highest BCUT2D eigenvalue weighted by molar-refractivity contribution is 5.40. The quantitative estimate of drug-likeness (QED) is 0.777. The van der Waals surface area contributed by atoms with E-state index in [1.165, 1.54) is 0 Å². The van der Waals surface area contributed by atoms with Gasteiger partial charge in [0, 0.05) is 12.1 Å². The zero-order valence-electron chi connectivity index (χ0n) is 10.1. The number of rotatable bonds is 5. The summed E-state index contributed by atoms with van der Waals surface area (Å²) in [5.74, 6) is 1.51. The van der Waals surface area contributed by atoms with Gasteiger partial charge in [-0.25, -0.2) is 0 Å². The van der Waals surface area contributed by atoms with Gasteiger partial charge < -0.3 is 15.2 Å². The predicted octanol–water partition coefficient (Wildman–Crippen LogP) is 2.67. The molecule has 88 valence electrons. The van der Waals surface area contributed by atoms with Crippen molar-refractivity contribution in [3.05, 3.63) is 35.9 Å². The molecule has 1 rings (SSSR count). The Balaban J connectivity index is 2.97. The second-order valence-electron chi connectivity index (χ2n) is 3.91. The van der Waals surface area contributed by atoms with Gasteiger partial charge in [0.1, 0.15) is 11.5 Å². The SMILES string of the molecule is C=C(C)C[C@@H](N)c1cc(OC)cc(OC)c1. The number of ether oxygens (including phenoxy) is 2. The average molecular weight is 221 g/mol. The Morgan fingerprint density at radius 2 is 1.75 bits per heavy atom. The third-order valence-corrected chi connectivity index (χ3v) is 2.37. The first kappa shape index (κ1) is 12.6. The molecule has 0 heterocycles. The number of hydrogen-bond donors (Lipinski definition) is 1. The summed E-state index contributed by atoms with van der Waals surface area (Å²) in [6, 6.07) is 5.62. The van der Waals surface area contributed by atoms with Crippen LogP contribution < -0.4 is 15.2 Å². The van der Waals surface area contributed by atoms with Gasteiger partial charge in [0.2, 0.25) is 0 Å². The van der Waals surface area contributed by atoms with Crippen molar-refractivity contribution in [2.75, 3.05) is 14.2 Å². The van der Waals surface area contributed by atoms with Crippen molar-refractivity contribution >= 4 is 0 Å². The average Bonchev–Trinajstić information content (AvgIpc) is 2.27. The molecule has 0 amide bonds. The van der Waals surface area contributed by atoms with Crippen molar-refractivity contribution in [3.63, 3.8) is 0 Å². The van der Waals surface area contributed by atoms with Crippen LogP contribution >= 0.6 is 0 Å². The Morgan fingerprint density at radius 1 is 1.25 bits per heavy atom. The number of hydrogen-bond acceptors (Lipinski definition) is 3. The predicted molar refractivity (Wildman–Crippen MR) is 65.9 cm³/mol. The second-order valence-corrected chi connectivity index (χ2v) is 3.91. The van der Waals surface area contributed by atoms with Gasteiger partial charge in [0.15, 0.2) is 0 Å². The smallest absolute Gasteiger partial charge is 0.122 e. The molecule has 3 nitrogen and oxygen atoms in total. The molecule has 0 radical (unpaired) electrons. The molecule has 0 aliphatic heterocycles. The lowest BCUT2D eigenvalue weighted by atomic mass is 10.0. The summed E-state index contributed by atoms with van der Waals surface area (Å²) in [7, 11) is 3.26. The van der Waals surface area contributed by atoms with Gasteiger partial charge in [-0.1, -0.05) is 5.57 Å². The van der Waals surface area contributed by atoms with Crippen LogP contribution in [0.4, 0.5) is 0 Å². The van der Waals surface area contributed by atoms with Crippen LogP contribution in [0.3, 0.4) is 0 Å². The normalized spacial score (nSPS) is 12.0. The molecule has 0 fully saturated rings. The fourth-order valence-corrected chi connectivity index (χ4v) is 1.54. The maximum absolute atomic E-state index is 6.07. The molecule has 0 bridgehead atoms. The zero-order chi connectivity index (χ0) is 12.1. The van der Waals surface area contributed by atoms with Gasteiger partial charge in [-0.3, -0.25) is 0 Å². The topological polar surface area (TPSA) is 44.5 Å². The number of methoxy groups -OCH3 is 2. The Labute approximate surface area is 96.9 Å².